The van der Waals surface area contributed by atoms with Crippen molar-refractivity contribution in [3.8, 4) is 0 Å². The first kappa shape index (κ1) is 9.94. The zero-order valence-corrected chi connectivity index (χ0v) is 8.27. The summed E-state index contributed by atoms with van der Waals surface area (Å²) in [6.07, 6.45) is 0. The van der Waals surface area contributed by atoms with Gasteiger partial charge in [0.15, 0.2) is 0 Å². The number of aromatic nitrogens is 1. The Morgan fingerprint density at radius 2 is 2.54 bits per heavy atom. The van der Waals surface area contributed by atoms with Crippen molar-refractivity contribution in [3.63, 3.8) is 0 Å². The summed E-state index contributed by atoms with van der Waals surface area (Å²) < 4.78 is 0. The van der Waals surface area contributed by atoms with Crippen LogP contribution in [-0.2, 0) is 4.84 Å². The maximum atomic E-state index is 11.1. The van der Waals surface area contributed by atoms with Gasteiger partial charge in [-0.2, -0.15) is 0 Å². The maximum Gasteiger partial charge on any atom is 0.343 e. The summed E-state index contributed by atoms with van der Waals surface area (Å²) in [6, 6.07) is -0.380. The van der Waals surface area contributed by atoms with Crippen LogP contribution in [0.15, 0.2) is 5.51 Å². The summed E-state index contributed by atoms with van der Waals surface area (Å²) in [4.78, 5) is 19.7. The molecule has 0 saturated carbocycles. The fourth-order valence-electron chi connectivity index (χ4n) is 0.688. The van der Waals surface area contributed by atoms with Crippen molar-refractivity contribution in [1.82, 2.24) is 10.5 Å². The topological polar surface area (TPSA) is 63.2 Å². The highest BCUT2D eigenvalue weighted by molar-refractivity contribution is 7.14. The summed E-state index contributed by atoms with van der Waals surface area (Å²) in [5.74, 6) is 0. The molecule has 0 atom stereocenters. The van der Waals surface area contributed by atoms with Gasteiger partial charge in [0.05, 0.1) is 17.8 Å². The summed E-state index contributed by atoms with van der Waals surface area (Å²) in [6.45, 7) is 4.06. The van der Waals surface area contributed by atoms with Crippen LogP contribution >= 0.6 is 11.3 Å². The van der Waals surface area contributed by atoms with E-state index in [4.69, 9.17) is 4.84 Å². The van der Waals surface area contributed by atoms with Gasteiger partial charge in [0, 0.05) is 0 Å². The molecule has 1 aromatic heterocycles. The summed E-state index contributed by atoms with van der Waals surface area (Å²) in [7, 11) is 0. The van der Waals surface area contributed by atoms with Crippen LogP contribution < -0.4 is 10.8 Å². The van der Waals surface area contributed by atoms with E-state index >= 15 is 0 Å². The Kier molecular flexibility index (Phi) is 3.66. The molecule has 0 aromatic carbocycles. The number of carbonyl (C=O) groups is 1. The molecular formula is C7H11N3O2S. The van der Waals surface area contributed by atoms with Crippen molar-refractivity contribution >= 4 is 22.4 Å². The van der Waals surface area contributed by atoms with Gasteiger partial charge >= 0.3 is 6.03 Å². The minimum Gasteiger partial charge on any atom is -0.296 e. The molecule has 0 unspecified atom stereocenters. The number of anilines is 1. The molecule has 6 heteroatoms. The van der Waals surface area contributed by atoms with Crippen molar-refractivity contribution in [2.75, 3.05) is 11.9 Å². The van der Waals surface area contributed by atoms with Crippen LogP contribution in [0, 0.1) is 6.92 Å². The molecule has 0 fully saturated rings. The standard InChI is InChI=1S/C7H11N3O2S/c1-3-12-10-7(11)9-6-5(2)8-4-13-6/h4H,3H2,1-2H3,(H2,9,10,11). The van der Waals surface area contributed by atoms with Crippen LogP contribution in [0.1, 0.15) is 12.6 Å². The molecule has 2 N–H and O–H groups in total. The van der Waals surface area contributed by atoms with Gasteiger partial charge in [0.1, 0.15) is 5.00 Å². The number of hydrogen-bond acceptors (Lipinski definition) is 4. The van der Waals surface area contributed by atoms with Gasteiger partial charge in [-0.3, -0.25) is 10.2 Å². The van der Waals surface area contributed by atoms with Gasteiger partial charge in [-0.05, 0) is 13.8 Å². The van der Waals surface area contributed by atoms with E-state index in [9.17, 15) is 4.79 Å². The van der Waals surface area contributed by atoms with Gasteiger partial charge < -0.3 is 0 Å². The number of rotatable bonds is 3. The van der Waals surface area contributed by atoms with Crippen molar-refractivity contribution in [2.45, 2.75) is 13.8 Å². The number of hydroxylamine groups is 1. The number of nitrogens with one attached hydrogen (secondary N) is 2. The second-order valence-corrected chi connectivity index (χ2v) is 3.11. The van der Waals surface area contributed by atoms with Crippen molar-refractivity contribution in [3.05, 3.63) is 11.2 Å². The van der Waals surface area contributed by atoms with Crippen molar-refractivity contribution in [1.29, 1.82) is 0 Å². The Bertz CT molecular complexity index is 287. The van der Waals surface area contributed by atoms with E-state index in [1.165, 1.54) is 11.3 Å². The second-order valence-electron chi connectivity index (χ2n) is 2.26. The van der Waals surface area contributed by atoms with Crippen molar-refractivity contribution < 1.29 is 9.63 Å². The average Bonchev–Trinajstić information content (AvgIpc) is 2.48. The first-order valence-electron chi connectivity index (χ1n) is 3.83. The fourth-order valence-corrected chi connectivity index (χ4v) is 1.38. The summed E-state index contributed by atoms with van der Waals surface area (Å²) >= 11 is 1.37. The zero-order valence-electron chi connectivity index (χ0n) is 7.46. The molecule has 5 nitrogen and oxygen atoms in total. The Morgan fingerprint density at radius 1 is 1.77 bits per heavy atom. The van der Waals surface area contributed by atoms with E-state index in [0.29, 0.717) is 6.61 Å². The molecule has 0 aliphatic rings. The molecule has 0 aliphatic carbocycles. The van der Waals surface area contributed by atoms with Crippen LogP contribution in [-0.4, -0.2) is 17.6 Å². The van der Waals surface area contributed by atoms with E-state index in [0.717, 1.165) is 10.7 Å². The molecule has 72 valence electrons. The van der Waals surface area contributed by atoms with Crippen LogP contribution in [0.3, 0.4) is 0 Å². The van der Waals surface area contributed by atoms with Crippen LogP contribution in [0.2, 0.25) is 0 Å². The van der Waals surface area contributed by atoms with E-state index in [1.807, 2.05) is 6.92 Å². The quantitative estimate of drug-likeness (QED) is 0.729. The van der Waals surface area contributed by atoms with Crippen LogP contribution in [0.5, 0.6) is 0 Å². The summed E-state index contributed by atoms with van der Waals surface area (Å²) in [5, 5.41) is 3.34. The monoisotopic (exact) mass is 201 g/mol. The Morgan fingerprint density at radius 3 is 3.08 bits per heavy atom. The van der Waals surface area contributed by atoms with Crippen molar-refractivity contribution in [2.24, 2.45) is 0 Å². The van der Waals surface area contributed by atoms with Gasteiger partial charge in [-0.15, -0.1) is 11.3 Å². The lowest BCUT2D eigenvalue weighted by atomic mass is 10.5. The van der Waals surface area contributed by atoms with E-state index in [1.54, 1.807) is 12.4 Å². The smallest absolute Gasteiger partial charge is 0.296 e. The second kappa shape index (κ2) is 4.78. The first-order chi connectivity index (χ1) is 6.24. The highest BCUT2D eigenvalue weighted by Crippen LogP contribution is 2.18. The predicted octanol–water partition coefficient (Wildman–Crippen LogP) is 1.52. The number of aryl methyl sites for hydroxylation is 1. The Balaban J connectivity index is 2.41. The predicted molar refractivity (Wildman–Crippen MR) is 50.6 cm³/mol. The SMILES string of the molecule is CCONC(=O)Nc1scnc1C. The maximum absolute atomic E-state index is 11.1. The zero-order chi connectivity index (χ0) is 9.68. The van der Waals surface area contributed by atoms with E-state index < -0.39 is 0 Å². The number of hydrogen-bond donors (Lipinski definition) is 2. The lowest BCUT2D eigenvalue weighted by Crippen LogP contribution is -2.28. The normalized spacial score (nSPS) is 9.69. The minimum atomic E-state index is -0.380. The molecule has 0 bridgehead atoms. The molecule has 1 rings (SSSR count). The van der Waals surface area contributed by atoms with Gasteiger partial charge in [-0.1, -0.05) is 0 Å². The molecular weight excluding hydrogens is 190 g/mol. The molecule has 0 saturated heterocycles. The molecule has 0 spiro atoms. The number of urea groups is 1. The lowest BCUT2D eigenvalue weighted by molar-refractivity contribution is 0.0758. The number of thiazole rings is 1. The lowest BCUT2D eigenvalue weighted by Gasteiger charge is -2.04. The highest BCUT2D eigenvalue weighted by Gasteiger charge is 2.05. The fraction of sp³-hybridized carbons (Fsp3) is 0.429. The first-order valence-corrected chi connectivity index (χ1v) is 4.71. The van der Waals surface area contributed by atoms with Crippen LogP contribution in [0.4, 0.5) is 9.80 Å². The molecule has 1 aromatic rings. The van der Waals surface area contributed by atoms with Crippen LogP contribution in [0.25, 0.3) is 0 Å². The van der Waals surface area contributed by atoms with E-state index in [-0.39, 0.29) is 6.03 Å². The third-order valence-electron chi connectivity index (χ3n) is 1.28. The molecule has 0 aliphatic heterocycles. The minimum absolute atomic E-state index is 0.380. The molecule has 0 radical (unpaired) electrons. The van der Waals surface area contributed by atoms with E-state index in [2.05, 4.69) is 15.8 Å². The van der Waals surface area contributed by atoms with Gasteiger partial charge in [-0.25, -0.2) is 15.3 Å². The number of carbonyl (C=O) groups excluding carboxylic acids is 1. The third-order valence-corrected chi connectivity index (χ3v) is 2.13. The van der Waals surface area contributed by atoms with Gasteiger partial charge in [0.2, 0.25) is 0 Å². The largest absolute Gasteiger partial charge is 0.343 e. The number of amides is 2. The molecule has 1 heterocycles. The summed E-state index contributed by atoms with van der Waals surface area (Å²) in [5.41, 5.74) is 4.70. The number of nitrogens with zero attached hydrogens (tertiary/aromatic N) is 1. The molecule has 2 amide bonds. The Hall–Kier alpha value is -1.14. The highest BCUT2D eigenvalue weighted by atomic mass is 32.1. The Labute approximate surface area is 80.1 Å². The molecule has 13 heavy (non-hydrogen) atoms. The average molecular weight is 201 g/mol. The van der Waals surface area contributed by atoms with Gasteiger partial charge in [0.25, 0.3) is 0 Å². The third kappa shape index (κ3) is 3.00.